The number of aromatic nitrogens is 2. The van der Waals surface area contributed by atoms with Gasteiger partial charge in [-0.3, -0.25) is 5.32 Å². The van der Waals surface area contributed by atoms with E-state index in [9.17, 15) is 0 Å². The number of nitrogens with zero attached hydrogens (tertiary/aromatic N) is 3. The fourth-order valence-corrected chi connectivity index (χ4v) is 6.03. The number of hydrogen-bond donors (Lipinski definition) is 2. The first kappa shape index (κ1) is 15.1. The van der Waals surface area contributed by atoms with E-state index in [-0.39, 0.29) is 11.0 Å². The second-order valence-corrected chi connectivity index (χ2v) is 9.10. The van der Waals surface area contributed by atoms with Gasteiger partial charge < -0.3 is 10.6 Å². The Hall–Kier alpha value is -1.15. The summed E-state index contributed by atoms with van der Waals surface area (Å²) >= 11 is 3.63. The maximum atomic E-state index is 6.24. The third kappa shape index (κ3) is 2.45. The smallest absolute Gasteiger partial charge is 0.225 e. The highest BCUT2D eigenvalue weighted by atomic mass is 32.2. The van der Waals surface area contributed by atoms with Gasteiger partial charge in [0.15, 0.2) is 0 Å². The Balaban J connectivity index is 1.49. The van der Waals surface area contributed by atoms with Gasteiger partial charge in [-0.15, -0.1) is 23.1 Å². The molecule has 2 aliphatic heterocycles. The first-order chi connectivity index (χ1) is 11.7. The highest BCUT2D eigenvalue weighted by Crippen LogP contribution is 2.45. The van der Waals surface area contributed by atoms with Crippen LogP contribution in [0.5, 0.6) is 0 Å². The van der Waals surface area contributed by atoms with Crippen LogP contribution in [0.3, 0.4) is 0 Å². The number of nitrogens with one attached hydrogen (secondary N) is 1. The van der Waals surface area contributed by atoms with Crippen molar-refractivity contribution in [2.24, 2.45) is 11.7 Å². The van der Waals surface area contributed by atoms with Crippen molar-refractivity contribution in [3.63, 3.8) is 0 Å². The Morgan fingerprint density at radius 1 is 1.33 bits per heavy atom. The molecule has 3 aliphatic rings. The number of hydrogen-bond acceptors (Lipinski definition) is 7. The monoisotopic (exact) mass is 359 g/mol. The lowest BCUT2D eigenvalue weighted by atomic mass is 9.86. The maximum absolute atomic E-state index is 6.24. The van der Waals surface area contributed by atoms with Gasteiger partial charge in [0.25, 0.3) is 0 Å². The Bertz CT molecular complexity index is 732. The van der Waals surface area contributed by atoms with E-state index in [1.807, 2.05) is 29.3 Å². The number of fused-ring (bicyclic) bond motifs is 1. The van der Waals surface area contributed by atoms with Gasteiger partial charge in [-0.25, -0.2) is 9.97 Å². The molecule has 2 saturated heterocycles. The summed E-state index contributed by atoms with van der Waals surface area (Å²) in [5.74, 6) is 3.13. The predicted molar refractivity (Wildman–Crippen MR) is 99.3 cm³/mol. The molecule has 0 spiro atoms. The Kier molecular flexibility index (Phi) is 3.59. The zero-order chi connectivity index (χ0) is 16.1. The molecule has 3 atom stereocenters. The molecular weight excluding hydrogens is 338 g/mol. The van der Waals surface area contributed by atoms with E-state index in [1.54, 1.807) is 0 Å². The molecule has 5 rings (SSSR count). The van der Waals surface area contributed by atoms with E-state index < -0.39 is 0 Å². The summed E-state index contributed by atoms with van der Waals surface area (Å²) in [6.45, 7) is 1.87. The first-order valence-corrected chi connectivity index (χ1v) is 10.4. The molecular formula is C17H21N5S2. The minimum absolute atomic E-state index is 0.0120. The molecule has 4 heterocycles. The average Bonchev–Trinajstić information content (AvgIpc) is 3.15. The molecule has 0 radical (unpaired) electrons. The van der Waals surface area contributed by atoms with Gasteiger partial charge in [-0.05, 0) is 30.4 Å². The van der Waals surface area contributed by atoms with Crippen LogP contribution in [0.2, 0.25) is 0 Å². The van der Waals surface area contributed by atoms with E-state index in [1.165, 1.54) is 23.4 Å². The van der Waals surface area contributed by atoms with Crippen molar-refractivity contribution >= 4 is 29.0 Å². The highest BCUT2D eigenvalue weighted by molar-refractivity contribution is 7.99. The maximum Gasteiger partial charge on any atom is 0.225 e. The van der Waals surface area contributed by atoms with E-state index in [0.29, 0.717) is 11.8 Å². The van der Waals surface area contributed by atoms with Crippen LogP contribution in [0.4, 0.5) is 5.95 Å². The molecule has 1 aliphatic carbocycles. The standard InChI is InChI=1S/C17H21N5S2/c18-15-21-17(14-2-1-7-23-14)10-22(8-12(17)9-24-15)16-19-6-5-13(20-16)11-3-4-11/h1-2,5-7,11-12,15,21H,3-4,8-10,18H2/t12-,15?,17-/m0/s1. The van der Waals surface area contributed by atoms with Gasteiger partial charge >= 0.3 is 0 Å². The zero-order valence-electron chi connectivity index (χ0n) is 13.4. The van der Waals surface area contributed by atoms with Crippen molar-refractivity contribution in [1.82, 2.24) is 15.3 Å². The van der Waals surface area contributed by atoms with Crippen molar-refractivity contribution < 1.29 is 0 Å². The van der Waals surface area contributed by atoms with E-state index in [4.69, 9.17) is 10.7 Å². The van der Waals surface area contributed by atoms with Crippen LogP contribution in [0, 0.1) is 5.92 Å². The summed E-state index contributed by atoms with van der Waals surface area (Å²) in [6, 6.07) is 6.44. The molecule has 5 nitrogen and oxygen atoms in total. The molecule has 3 fully saturated rings. The normalized spacial score (nSPS) is 32.8. The third-order valence-corrected chi connectivity index (χ3v) is 7.48. The number of thioether (sulfide) groups is 1. The van der Waals surface area contributed by atoms with Crippen LogP contribution in [0.25, 0.3) is 0 Å². The number of thiophene rings is 1. The van der Waals surface area contributed by atoms with Gasteiger partial charge in [0.2, 0.25) is 5.95 Å². The third-order valence-electron chi connectivity index (χ3n) is 5.36. The highest BCUT2D eigenvalue weighted by Gasteiger charge is 2.52. The van der Waals surface area contributed by atoms with Gasteiger partial charge in [0, 0.05) is 47.4 Å². The molecule has 2 aromatic rings. The quantitative estimate of drug-likeness (QED) is 0.877. The van der Waals surface area contributed by atoms with Crippen molar-refractivity contribution in [2.45, 2.75) is 29.8 Å². The summed E-state index contributed by atoms with van der Waals surface area (Å²) in [5, 5.41) is 5.85. The summed E-state index contributed by atoms with van der Waals surface area (Å²) in [5.41, 5.74) is 7.37. The van der Waals surface area contributed by atoms with E-state index in [2.05, 4.69) is 38.8 Å². The van der Waals surface area contributed by atoms with Crippen LogP contribution in [-0.4, -0.2) is 34.3 Å². The summed E-state index contributed by atoms with van der Waals surface area (Å²) in [7, 11) is 0. The van der Waals surface area contributed by atoms with E-state index >= 15 is 0 Å². The van der Waals surface area contributed by atoms with Crippen molar-refractivity contribution in [2.75, 3.05) is 23.7 Å². The second kappa shape index (κ2) is 5.69. The summed E-state index contributed by atoms with van der Waals surface area (Å²) in [6.07, 6.45) is 4.46. The molecule has 0 aromatic carbocycles. The van der Waals surface area contributed by atoms with Crippen molar-refractivity contribution in [3.8, 4) is 0 Å². The van der Waals surface area contributed by atoms with Gasteiger partial charge in [-0.2, -0.15) is 0 Å². The van der Waals surface area contributed by atoms with Gasteiger partial charge in [0.05, 0.1) is 5.54 Å². The van der Waals surface area contributed by atoms with Gasteiger partial charge in [0.1, 0.15) is 5.50 Å². The lowest BCUT2D eigenvalue weighted by Crippen LogP contribution is -2.58. The van der Waals surface area contributed by atoms with Crippen molar-refractivity contribution in [3.05, 3.63) is 40.3 Å². The molecule has 126 valence electrons. The van der Waals surface area contributed by atoms with Crippen LogP contribution in [0.1, 0.15) is 29.3 Å². The molecule has 3 N–H and O–H groups in total. The van der Waals surface area contributed by atoms with Crippen LogP contribution < -0.4 is 16.0 Å². The molecule has 2 aromatic heterocycles. The number of rotatable bonds is 3. The predicted octanol–water partition coefficient (Wildman–Crippen LogP) is 2.33. The topological polar surface area (TPSA) is 67.1 Å². The number of nitrogens with two attached hydrogens (primary N) is 1. The van der Waals surface area contributed by atoms with Crippen LogP contribution >= 0.6 is 23.1 Å². The molecule has 24 heavy (non-hydrogen) atoms. The first-order valence-electron chi connectivity index (χ1n) is 8.51. The summed E-state index contributed by atoms with van der Waals surface area (Å²) in [4.78, 5) is 13.2. The fourth-order valence-electron chi connectivity index (χ4n) is 3.95. The van der Waals surface area contributed by atoms with Crippen molar-refractivity contribution in [1.29, 1.82) is 0 Å². The SMILES string of the molecule is NC1N[C@@]2(c3cccs3)CN(c3nccc(C4CC4)n3)C[C@H]2CS1. The molecule has 0 amide bonds. The zero-order valence-corrected chi connectivity index (χ0v) is 15.0. The minimum atomic E-state index is -0.0716. The number of anilines is 1. The fraction of sp³-hybridized carbons (Fsp3) is 0.529. The van der Waals surface area contributed by atoms with Gasteiger partial charge in [-0.1, -0.05) is 6.07 Å². The van der Waals surface area contributed by atoms with E-state index in [0.717, 1.165) is 24.8 Å². The lowest BCUT2D eigenvalue weighted by Gasteiger charge is -2.41. The summed E-state index contributed by atoms with van der Waals surface area (Å²) < 4.78 is 0. The Morgan fingerprint density at radius 3 is 3.04 bits per heavy atom. The minimum Gasteiger partial charge on any atom is -0.338 e. The Morgan fingerprint density at radius 2 is 2.25 bits per heavy atom. The largest absolute Gasteiger partial charge is 0.338 e. The van der Waals surface area contributed by atoms with Crippen LogP contribution in [0.15, 0.2) is 29.8 Å². The second-order valence-electron chi connectivity index (χ2n) is 6.98. The lowest BCUT2D eigenvalue weighted by molar-refractivity contribution is 0.280. The molecule has 1 saturated carbocycles. The molecule has 0 bridgehead atoms. The van der Waals surface area contributed by atoms with Crippen LogP contribution in [-0.2, 0) is 5.54 Å². The Labute approximate surface area is 150 Å². The average molecular weight is 360 g/mol. The molecule has 7 heteroatoms. The molecule has 1 unspecified atom stereocenters.